The van der Waals surface area contributed by atoms with Gasteiger partial charge in [-0.05, 0) is 32.1 Å². The topological polar surface area (TPSA) is 124 Å². The van der Waals surface area contributed by atoms with E-state index in [-0.39, 0.29) is 27.3 Å². The number of carbonyl (C=O) groups excluding carboxylic acids is 1. The number of hydrogen-bond donors (Lipinski definition) is 1. The van der Waals surface area contributed by atoms with Crippen molar-refractivity contribution in [3.63, 3.8) is 0 Å². The first-order valence-corrected chi connectivity index (χ1v) is 10.6. The molecule has 3 aromatic rings. The highest BCUT2D eigenvalue weighted by atomic mass is 32.1. The van der Waals surface area contributed by atoms with Crippen molar-refractivity contribution in [3.8, 4) is 11.5 Å². The van der Waals surface area contributed by atoms with Crippen LogP contribution in [0.1, 0.15) is 31.0 Å². The SMILES string of the molecule is CC(=O)[C@H]1[C@H]2c3ccccc3O[C@@]1(C)N=c1s/c(=C\c3cc([N+](=O)[O-])ccc3O)c(=O)n12. The number of nitro groups is 1. The summed E-state index contributed by atoms with van der Waals surface area (Å²) in [4.78, 5) is 41.6. The molecule has 0 amide bonds. The average Bonchev–Trinajstić information content (AvgIpc) is 3.02. The van der Waals surface area contributed by atoms with Gasteiger partial charge in [-0.15, -0.1) is 0 Å². The van der Waals surface area contributed by atoms with E-state index in [1.165, 1.54) is 35.8 Å². The highest BCUT2D eigenvalue weighted by molar-refractivity contribution is 7.07. The Bertz CT molecular complexity index is 1490. The Morgan fingerprint density at radius 3 is 2.81 bits per heavy atom. The van der Waals surface area contributed by atoms with Gasteiger partial charge in [0.1, 0.15) is 23.2 Å². The molecule has 2 aromatic carbocycles. The van der Waals surface area contributed by atoms with Gasteiger partial charge in [0.2, 0.25) is 5.72 Å². The summed E-state index contributed by atoms with van der Waals surface area (Å²) < 4.78 is 7.85. The number of phenols is 1. The Balaban J connectivity index is 1.79. The summed E-state index contributed by atoms with van der Waals surface area (Å²) in [5.74, 6) is -0.478. The number of rotatable bonds is 3. The second-order valence-electron chi connectivity index (χ2n) is 7.91. The van der Waals surface area contributed by atoms with Gasteiger partial charge in [-0.3, -0.25) is 24.3 Å². The number of carbonyl (C=O) groups is 1. The van der Waals surface area contributed by atoms with Crippen molar-refractivity contribution in [3.05, 3.63) is 83.4 Å². The molecule has 0 radical (unpaired) electrons. The molecule has 162 valence electrons. The van der Waals surface area contributed by atoms with Gasteiger partial charge in [-0.1, -0.05) is 29.5 Å². The number of para-hydroxylation sites is 1. The van der Waals surface area contributed by atoms with Crippen molar-refractivity contribution in [1.82, 2.24) is 4.57 Å². The van der Waals surface area contributed by atoms with Crippen LogP contribution in [-0.4, -0.2) is 26.1 Å². The predicted molar refractivity (Wildman–Crippen MR) is 115 cm³/mol. The van der Waals surface area contributed by atoms with Crippen LogP contribution >= 0.6 is 11.3 Å². The van der Waals surface area contributed by atoms with Crippen molar-refractivity contribution < 1.29 is 19.6 Å². The number of nitrogens with zero attached hydrogens (tertiary/aromatic N) is 3. The van der Waals surface area contributed by atoms with Gasteiger partial charge in [0.05, 0.1) is 15.5 Å². The molecule has 0 unspecified atom stereocenters. The molecule has 9 nitrogen and oxygen atoms in total. The van der Waals surface area contributed by atoms with Crippen LogP contribution in [-0.2, 0) is 4.79 Å². The molecule has 2 bridgehead atoms. The van der Waals surface area contributed by atoms with E-state index in [2.05, 4.69) is 4.99 Å². The van der Waals surface area contributed by atoms with Crippen molar-refractivity contribution >= 4 is 28.9 Å². The van der Waals surface area contributed by atoms with E-state index in [1.54, 1.807) is 13.0 Å². The lowest BCUT2D eigenvalue weighted by Gasteiger charge is -2.45. The van der Waals surface area contributed by atoms with E-state index < -0.39 is 28.2 Å². The van der Waals surface area contributed by atoms with Crippen LogP contribution in [0.4, 0.5) is 5.69 Å². The number of thiazole rings is 1. The zero-order valence-corrected chi connectivity index (χ0v) is 17.8. The summed E-state index contributed by atoms with van der Waals surface area (Å²) in [6.45, 7) is 3.19. The minimum absolute atomic E-state index is 0.143. The van der Waals surface area contributed by atoms with E-state index in [4.69, 9.17) is 4.74 Å². The summed E-state index contributed by atoms with van der Waals surface area (Å²) in [5, 5.41) is 21.3. The molecular weight excluding hydrogens is 434 g/mol. The first kappa shape index (κ1) is 20.1. The molecule has 2 aliphatic heterocycles. The molecule has 32 heavy (non-hydrogen) atoms. The Morgan fingerprint density at radius 1 is 1.34 bits per heavy atom. The smallest absolute Gasteiger partial charge is 0.270 e. The molecule has 10 heteroatoms. The summed E-state index contributed by atoms with van der Waals surface area (Å²) in [7, 11) is 0. The van der Waals surface area contributed by atoms with Crippen molar-refractivity contribution in [2.24, 2.45) is 10.9 Å². The highest BCUT2D eigenvalue weighted by Gasteiger charge is 2.53. The monoisotopic (exact) mass is 451 g/mol. The minimum Gasteiger partial charge on any atom is -0.507 e. The number of benzene rings is 2. The lowest BCUT2D eigenvalue weighted by molar-refractivity contribution is -0.384. The van der Waals surface area contributed by atoms with Crippen LogP contribution in [0, 0.1) is 16.0 Å². The number of Topliss-reactive ketones (excluding diaryl/α,β-unsaturated/α-hetero) is 1. The number of ketones is 1. The number of nitro benzene ring substituents is 1. The van der Waals surface area contributed by atoms with Crippen LogP contribution in [0.3, 0.4) is 0 Å². The van der Waals surface area contributed by atoms with E-state index >= 15 is 0 Å². The van der Waals surface area contributed by atoms with Crippen molar-refractivity contribution in [1.29, 1.82) is 0 Å². The average molecular weight is 451 g/mol. The third kappa shape index (κ3) is 2.87. The fourth-order valence-corrected chi connectivity index (χ4v) is 5.56. The summed E-state index contributed by atoms with van der Waals surface area (Å²) in [5.41, 5.74) is -0.917. The molecule has 3 heterocycles. The maximum absolute atomic E-state index is 13.4. The highest BCUT2D eigenvalue weighted by Crippen LogP contribution is 2.47. The molecule has 0 aliphatic carbocycles. The minimum atomic E-state index is -1.17. The maximum atomic E-state index is 13.4. The number of fused-ring (bicyclic) bond motifs is 6. The summed E-state index contributed by atoms with van der Waals surface area (Å²) in [6, 6.07) is 10.2. The molecule has 5 rings (SSSR count). The number of aromatic hydroxyl groups is 1. The Labute approximate surface area is 184 Å². The largest absolute Gasteiger partial charge is 0.507 e. The fourth-order valence-electron chi connectivity index (χ4n) is 4.47. The van der Waals surface area contributed by atoms with Gasteiger partial charge >= 0.3 is 0 Å². The van der Waals surface area contributed by atoms with Gasteiger partial charge < -0.3 is 9.84 Å². The maximum Gasteiger partial charge on any atom is 0.270 e. The molecule has 1 N–H and O–H groups in total. The Kier molecular flexibility index (Phi) is 4.31. The quantitative estimate of drug-likeness (QED) is 0.479. The van der Waals surface area contributed by atoms with Crippen molar-refractivity contribution in [2.75, 3.05) is 0 Å². The lowest BCUT2D eigenvalue weighted by Crippen LogP contribution is -2.58. The van der Waals surface area contributed by atoms with Crippen LogP contribution in [0.2, 0.25) is 0 Å². The van der Waals surface area contributed by atoms with Gasteiger partial charge in [-0.2, -0.15) is 0 Å². The predicted octanol–water partition coefficient (Wildman–Crippen LogP) is 1.89. The van der Waals surface area contributed by atoms with E-state index in [1.807, 2.05) is 18.2 Å². The fraction of sp³-hybridized carbons (Fsp3) is 0.227. The molecule has 0 saturated heterocycles. The first-order valence-electron chi connectivity index (χ1n) is 9.78. The normalized spacial score (nSPS) is 23.5. The molecule has 2 aliphatic rings. The van der Waals surface area contributed by atoms with E-state index in [9.17, 15) is 24.8 Å². The Hall–Kier alpha value is -3.79. The Morgan fingerprint density at radius 2 is 2.09 bits per heavy atom. The number of hydrogen-bond acceptors (Lipinski definition) is 8. The van der Waals surface area contributed by atoms with E-state index in [0.717, 1.165) is 11.3 Å². The summed E-state index contributed by atoms with van der Waals surface area (Å²) >= 11 is 1.08. The first-order chi connectivity index (χ1) is 15.2. The lowest BCUT2D eigenvalue weighted by atomic mass is 9.79. The standard InChI is InChI=1S/C22H17N3O6S/c1-11(26)18-19-14-5-3-4-6-16(14)31-22(18,2)23-21-24(19)20(28)17(32-21)10-12-9-13(25(29)30)7-8-15(12)27/h3-10,18-19,27H,1-2H3/b17-10-/t18-,19+,22+/m0/s1. The zero-order valence-electron chi connectivity index (χ0n) is 17.0. The molecule has 0 fully saturated rings. The summed E-state index contributed by atoms with van der Waals surface area (Å²) in [6.07, 6.45) is 1.40. The number of aromatic nitrogens is 1. The molecule has 0 spiro atoms. The van der Waals surface area contributed by atoms with Gasteiger partial charge in [0.15, 0.2) is 4.80 Å². The zero-order chi connectivity index (χ0) is 22.8. The molecule has 3 atom stereocenters. The van der Waals surface area contributed by atoms with Gasteiger partial charge in [0.25, 0.3) is 11.2 Å². The third-order valence-corrected chi connectivity index (χ3v) is 6.81. The van der Waals surface area contributed by atoms with Crippen molar-refractivity contribution in [2.45, 2.75) is 25.6 Å². The number of ether oxygens (including phenoxy) is 1. The number of phenolic OH excluding ortho intramolecular Hbond substituents is 1. The molecular formula is C22H17N3O6S. The van der Waals surface area contributed by atoms with Crippen LogP contribution in [0.25, 0.3) is 6.08 Å². The second kappa shape index (κ2) is 6.86. The second-order valence-corrected chi connectivity index (χ2v) is 8.92. The van der Waals surface area contributed by atoms with E-state index in [0.29, 0.717) is 16.1 Å². The third-order valence-electron chi connectivity index (χ3n) is 5.83. The van der Waals surface area contributed by atoms with Gasteiger partial charge in [-0.25, -0.2) is 4.99 Å². The van der Waals surface area contributed by atoms with Crippen LogP contribution in [0.15, 0.2) is 52.3 Å². The molecule has 0 saturated carbocycles. The van der Waals surface area contributed by atoms with Crippen LogP contribution in [0.5, 0.6) is 11.5 Å². The van der Waals surface area contributed by atoms with Gasteiger partial charge in [0, 0.05) is 23.3 Å². The molecule has 1 aromatic heterocycles. The number of non-ortho nitro benzene ring substituents is 1. The van der Waals surface area contributed by atoms with Crippen LogP contribution < -0.4 is 19.6 Å².